The van der Waals surface area contributed by atoms with Crippen molar-refractivity contribution in [2.45, 2.75) is 51.5 Å². The molecule has 1 heterocycles. The largest absolute Gasteiger partial charge is 0.360 e. The van der Waals surface area contributed by atoms with Gasteiger partial charge in [-0.2, -0.15) is 0 Å². The lowest BCUT2D eigenvalue weighted by atomic mass is 10.2. The van der Waals surface area contributed by atoms with E-state index in [0.29, 0.717) is 11.7 Å². The van der Waals surface area contributed by atoms with Crippen molar-refractivity contribution in [2.24, 2.45) is 0 Å². The Balaban J connectivity index is 1.98. The minimum absolute atomic E-state index is 0.0792. The van der Waals surface area contributed by atoms with Crippen molar-refractivity contribution in [2.75, 3.05) is 18.5 Å². The number of amides is 1. The van der Waals surface area contributed by atoms with E-state index in [-0.39, 0.29) is 5.91 Å². The highest BCUT2D eigenvalue weighted by molar-refractivity contribution is 5.93. The molecule has 110 valence electrons. The Morgan fingerprint density at radius 3 is 2.85 bits per heavy atom. The van der Waals surface area contributed by atoms with E-state index in [1.54, 1.807) is 6.07 Å². The van der Waals surface area contributed by atoms with Gasteiger partial charge in [0.15, 0.2) is 0 Å². The number of hydrogen-bond donors (Lipinski definition) is 1. The lowest BCUT2D eigenvalue weighted by molar-refractivity contribution is 0.0932. The van der Waals surface area contributed by atoms with Gasteiger partial charge in [0.2, 0.25) is 0 Å². The molecule has 0 bridgehead atoms. The third kappa shape index (κ3) is 3.92. The SMILES string of the molecule is CCCCN(C)c1cc(C(=O)NC2CCCC2)ncn1. The van der Waals surface area contributed by atoms with Crippen LogP contribution in [0, 0.1) is 0 Å². The third-order valence-corrected chi connectivity index (χ3v) is 3.81. The van der Waals surface area contributed by atoms with E-state index in [9.17, 15) is 4.79 Å². The fourth-order valence-corrected chi connectivity index (χ4v) is 2.52. The number of rotatable bonds is 6. The Morgan fingerprint density at radius 2 is 2.15 bits per heavy atom. The second-order valence-electron chi connectivity index (χ2n) is 5.49. The molecule has 1 aromatic heterocycles. The monoisotopic (exact) mass is 276 g/mol. The summed E-state index contributed by atoms with van der Waals surface area (Å²) in [5.74, 6) is 0.731. The van der Waals surface area contributed by atoms with Gasteiger partial charge >= 0.3 is 0 Å². The van der Waals surface area contributed by atoms with Crippen LogP contribution in [0.5, 0.6) is 0 Å². The van der Waals surface area contributed by atoms with Gasteiger partial charge in [-0.1, -0.05) is 26.2 Å². The molecule has 1 amide bonds. The molecule has 20 heavy (non-hydrogen) atoms. The van der Waals surface area contributed by atoms with E-state index in [1.165, 1.54) is 19.2 Å². The van der Waals surface area contributed by atoms with Crippen molar-refractivity contribution in [3.05, 3.63) is 18.1 Å². The minimum atomic E-state index is -0.0792. The van der Waals surface area contributed by atoms with Crippen molar-refractivity contribution < 1.29 is 4.79 Å². The van der Waals surface area contributed by atoms with Gasteiger partial charge in [-0.3, -0.25) is 4.79 Å². The number of unbranched alkanes of at least 4 members (excludes halogenated alkanes) is 1. The average molecular weight is 276 g/mol. The van der Waals surface area contributed by atoms with Crippen molar-refractivity contribution in [1.82, 2.24) is 15.3 Å². The summed E-state index contributed by atoms with van der Waals surface area (Å²) < 4.78 is 0. The molecule has 0 unspecified atom stereocenters. The topological polar surface area (TPSA) is 58.1 Å². The van der Waals surface area contributed by atoms with Crippen LogP contribution in [0.15, 0.2) is 12.4 Å². The van der Waals surface area contributed by atoms with E-state index >= 15 is 0 Å². The lowest BCUT2D eigenvalue weighted by Crippen LogP contribution is -2.33. The fourth-order valence-electron chi connectivity index (χ4n) is 2.52. The van der Waals surface area contributed by atoms with Gasteiger partial charge in [-0.15, -0.1) is 0 Å². The number of carbonyl (C=O) groups excluding carboxylic acids is 1. The zero-order chi connectivity index (χ0) is 14.4. The molecule has 0 spiro atoms. The Hall–Kier alpha value is -1.65. The number of nitrogens with one attached hydrogen (secondary N) is 1. The van der Waals surface area contributed by atoms with Gasteiger partial charge in [0.05, 0.1) is 0 Å². The molecule has 1 aromatic rings. The molecule has 0 aliphatic heterocycles. The normalized spacial score (nSPS) is 15.3. The number of nitrogens with zero attached hydrogens (tertiary/aromatic N) is 3. The van der Waals surface area contributed by atoms with Crippen LogP contribution in [0.3, 0.4) is 0 Å². The second-order valence-corrected chi connectivity index (χ2v) is 5.49. The van der Waals surface area contributed by atoms with E-state index < -0.39 is 0 Å². The van der Waals surface area contributed by atoms with Crippen LogP contribution >= 0.6 is 0 Å². The number of aromatic nitrogens is 2. The highest BCUT2D eigenvalue weighted by Crippen LogP contribution is 2.18. The summed E-state index contributed by atoms with van der Waals surface area (Å²) in [6, 6.07) is 2.10. The quantitative estimate of drug-likeness (QED) is 0.866. The highest BCUT2D eigenvalue weighted by Gasteiger charge is 2.19. The smallest absolute Gasteiger partial charge is 0.270 e. The van der Waals surface area contributed by atoms with Gasteiger partial charge in [-0.25, -0.2) is 9.97 Å². The van der Waals surface area contributed by atoms with Crippen molar-refractivity contribution in [1.29, 1.82) is 0 Å². The minimum Gasteiger partial charge on any atom is -0.360 e. The highest BCUT2D eigenvalue weighted by atomic mass is 16.1. The Labute approximate surface area is 120 Å². The molecular formula is C15H24N4O. The van der Waals surface area contributed by atoms with Gasteiger partial charge in [-0.05, 0) is 19.3 Å². The van der Waals surface area contributed by atoms with E-state index in [4.69, 9.17) is 0 Å². The summed E-state index contributed by atoms with van der Waals surface area (Å²) in [7, 11) is 2.00. The summed E-state index contributed by atoms with van der Waals surface area (Å²) in [5.41, 5.74) is 0.463. The first kappa shape index (κ1) is 14.8. The fraction of sp³-hybridized carbons (Fsp3) is 0.667. The van der Waals surface area contributed by atoms with Gasteiger partial charge < -0.3 is 10.2 Å². The van der Waals surface area contributed by atoms with Crippen LogP contribution in [0.1, 0.15) is 55.9 Å². The van der Waals surface area contributed by atoms with Crippen LogP contribution in [-0.2, 0) is 0 Å². The second kappa shape index (κ2) is 7.22. The first-order valence-electron chi connectivity index (χ1n) is 7.54. The van der Waals surface area contributed by atoms with Crippen LogP contribution < -0.4 is 10.2 Å². The summed E-state index contributed by atoms with van der Waals surface area (Å²) >= 11 is 0. The van der Waals surface area contributed by atoms with Crippen molar-refractivity contribution >= 4 is 11.7 Å². The van der Waals surface area contributed by atoms with E-state index in [1.807, 2.05) is 7.05 Å². The van der Waals surface area contributed by atoms with E-state index in [2.05, 4.69) is 27.1 Å². The molecule has 2 rings (SSSR count). The maximum atomic E-state index is 12.2. The van der Waals surface area contributed by atoms with Crippen LogP contribution in [0.4, 0.5) is 5.82 Å². The molecule has 1 aliphatic carbocycles. The zero-order valence-corrected chi connectivity index (χ0v) is 12.4. The maximum Gasteiger partial charge on any atom is 0.270 e. The predicted octanol–water partition coefficient (Wildman–Crippen LogP) is 2.39. The lowest BCUT2D eigenvalue weighted by Gasteiger charge is -2.18. The molecule has 1 saturated carbocycles. The molecule has 0 aromatic carbocycles. The van der Waals surface area contributed by atoms with Gasteiger partial charge in [0.25, 0.3) is 5.91 Å². The standard InChI is InChI=1S/C15H24N4O/c1-3-4-9-19(2)14-10-13(16-11-17-14)15(20)18-12-7-5-6-8-12/h10-12H,3-9H2,1-2H3,(H,18,20). The summed E-state index contributed by atoms with van der Waals surface area (Å²) in [6.07, 6.45) is 8.31. The molecule has 0 atom stereocenters. The molecule has 5 heteroatoms. The van der Waals surface area contributed by atoms with Crippen molar-refractivity contribution in [3.8, 4) is 0 Å². The van der Waals surface area contributed by atoms with Crippen molar-refractivity contribution in [3.63, 3.8) is 0 Å². The molecule has 0 radical (unpaired) electrons. The third-order valence-electron chi connectivity index (χ3n) is 3.81. The van der Waals surface area contributed by atoms with Gasteiger partial charge in [0.1, 0.15) is 17.8 Å². The zero-order valence-electron chi connectivity index (χ0n) is 12.4. The number of carbonyl (C=O) groups is 1. The van der Waals surface area contributed by atoms with Crippen LogP contribution in [0.25, 0.3) is 0 Å². The maximum absolute atomic E-state index is 12.2. The average Bonchev–Trinajstić information content (AvgIpc) is 2.97. The first-order chi connectivity index (χ1) is 9.70. The van der Waals surface area contributed by atoms with Gasteiger partial charge in [0, 0.05) is 25.7 Å². The Bertz CT molecular complexity index is 443. The number of hydrogen-bond acceptors (Lipinski definition) is 4. The van der Waals surface area contributed by atoms with Crippen LogP contribution in [0.2, 0.25) is 0 Å². The summed E-state index contributed by atoms with van der Waals surface area (Å²) in [4.78, 5) is 22.6. The Morgan fingerprint density at radius 1 is 1.40 bits per heavy atom. The molecule has 0 saturated heterocycles. The number of anilines is 1. The summed E-state index contributed by atoms with van der Waals surface area (Å²) in [6.45, 7) is 3.10. The van der Waals surface area contributed by atoms with E-state index in [0.717, 1.165) is 38.0 Å². The summed E-state index contributed by atoms with van der Waals surface area (Å²) in [5, 5.41) is 3.06. The first-order valence-corrected chi connectivity index (χ1v) is 7.54. The molecule has 1 N–H and O–H groups in total. The Kier molecular flexibility index (Phi) is 5.32. The predicted molar refractivity (Wildman–Crippen MR) is 79.9 cm³/mol. The molecule has 1 fully saturated rings. The molecule has 1 aliphatic rings. The molecular weight excluding hydrogens is 252 g/mol. The molecule has 5 nitrogen and oxygen atoms in total. The van der Waals surface area contributed by atoms with Crippen LogP contribution in [-0.4, -0.2) is 35.5 Å².